The van der Waals surface area contributed by atoms with Crippen LogP contribution in [0, 0.1) is 0 Å². The summed E-state index contributed by atoms with van der Waals surface area (Å²) in [5, 5.41) is 0. The van der Waals surface area contributed by atoms with Crippen LogP contribution in [0.4, 0.5) is 0 Å². The Bertz CT molecular complexity index is 72.1. The maximum absolute atomic E-state index is 4.92. The molecule has 0 unspecified atom stereocenters. The highest BCUT2D eigenvalue weighted by Gasteiger charge is 2.08. The summed E-state index contributed by atoms with van der Waals surface area (Å²) in [7, 11) is 0. The van der Waals surface area contributed by atoms with Crippen LogP contribution in [0.15, 0.2) is 0 Å². The fraction of sp³-hybridized carbons (Fsp3) is 1.00. The van der Waals surface area contributed by atoms with Crippen molar-refractivity contribution in [3.05, 3.63) is 0 Å². The van der Waals surface area contributed by atoms with Gasteiger partial charge in [-0.2, -0.15) is 3.95 Å². The van der Waals surface area contributed by atoms with Crippen molar-refractivity contribution in [1.29, 1.82) is 0 Å². The zero-order valence-corrected chi connectivity index (χ0v) is 5.21. The summed E-state index contributed by atoms with van der Waals surface area (Å²) >= 11 is 4.92. The molecule has 0 aliphatic carbocycles. The molecule has 0 radical (unpaired) electrons. The lowest BCUT2D eigenvalue weighted by Crippen LogP contribution is -2.16. The van der Waals surface area contributed by atoms with Gasteiger partial charge >= 0.3 is 0 Å². The first-order valence-electron chi connectivity index (χ1n) is 2.82. The monoisotopic (exact) mass is 116 g/mol. The first-order valence-corrected chi connectivity index (χ1v) is 3.18. The Morgan fingerprint density at radius 3 is 1.86 bits per heavy atom. The van der Waals surface area contributed by atoms with Crippen molar-refractivity contribution >= 4 is 12.4 Å². The van der Waals surface area contributed by atoms with Crippen LogP contribution in [-0.2, 0) is 12.4 Å². The molecule has 1 rings (SSSR count). The van der Waals surface area contributed by atoms with Crippen LogP contribution in [0.5, 0.6) is 0 Å². The van der Waals surface area contributed by atoms with E-state index in [0.717, 1.165) is 13.1 Å². The maximum atomic E-state index is 4.92. The van der Waals surface area contributed by atoms with Gasteiger partial charge in [-0.25, -0.2) is 0 Å². The van der Waals surface area contributed by atoms with E-state index in [1.54, 1.807) is 0 Å². The SMILES string of the molecule is S=[N+]1CCCCC1. The number of hydrogen-bond acceptors (Lipinski definition) is 1. The quantitative estimate of drug-likeness (QED) is 0.425. The third-order valence-corrected chi connectivity index (χ3v) is 1.68. The van der Waals surface area contributed by atoms with Gasteiger partial charge in [-0.1, -0.05) is 0 Å². The summed E-state index contributed by atoms with van der Waals surface area (Å²) in [6.07, 6.45) is 4.00. The molecule has 1 aliphatic heterocycles. The summed E-state index contributed by atoms with van der Waals surface area (Å²) in [5.41, 5.74) is 0. The van der Waals surface area contributed by atoms with Crippen molar-refractivity contribution in [2.75, 3.05) is 13.1 Å². The molecule has 2 heteroatoms. The molecule has 1 aliphatic rings. The number of nitrogens with zero attached hydrogens (tertiary/aromatic N) is 1. The largest absolute Gasteiger partial charge is 0.263 e. The van der Waals surface area contributed by atoms with Crippen LogP contribution in [0.3, 0.4) is 0 Å². The van der Waals surface area contributed by atoms with E-state index in [1.807, 2.05) is 3.95 Å². The van der Waals surface area contributed by atoms with Gasteiger partial charge in [-0.3, -0.25) is 0 Å². The second-order valence-corrected chi connectivity index (χ2v) is 2.51. The smallest absolute Gasteiger partial charge is 0.158 e. The number of hydrogen-bond donors (Lipinski definition) is 0. The highest BCUT2D eigenvalue weighted by molar-refractivity contribution is 7.44. The van der Waals surface area contributed by atoms with Crippen LogP contribution in [0.25, 0.3) is 0 Å². The summed E-state index contributed by atoms with van der Waals surface area (Å²) in [6.45, 7) is 2.27. The predicted molar refractivity (Wildman–Crippen MR) is 31.2 cm³/mol. The van der Waals surface area contributed by atoms with Gasteiger partial charge in [0.2, 0.25) is 0 Å². The fourth-order valence-corrected chi connectivity index (χ4v) is 1.12. The molecule has 40 valence electrons. The first-order chi connectivity index (χ1) is 3.39. The molecule has 0 aromatic heterocycles. The zero-order chi connectivity index (χ0) is 5.11. The molecule has 1 saturated heterocycles. The van der Waals surface area contributed by atoms with Crippen molar-refractivity contribution in [3.8, 4) is 0 Å². The minimum atomic E-state index is 1.13. The van der Waals surface area contributed by atoms with Crippen molar-refractivity contribution in [1.82, 2.24) is 0 Å². The molecule has 7 heavy (non-hydrogen) atoms. The third kappa shape index (κ3) is 1.51. The zero-order valence-electron chi connectivity index (χ0n) is 4.39. The van der Waals surface area contributed by atoms with E-state index >= 15 is 0 Å². The maximum Gasteiger partial charge on any atom is 0.263 e. The van der Waals surface area contributed by atoms with Crippen molar-refractivity contribution < 1.29 is 3.95 Å². The Morgan fingerprint density at radius 2 is 1.57 bits per heavy atom. The molecule has 0 atom stereocenters. The second-order valence-electron chi connectivity index (χ2n) is 1.99. The average Bonchev–Trinajstić information content (AvgIpc) is 1.69. The van der Waals surface area contributed by atoms with Crippen molar-refractivity contribution in [3.63, 3.8) is 0 Å². The lowest BCUT2D eigenvalue weighted by atomic mass is 10.2. The Hall–Kier alpha value is 0.0200. The first kappa shape index (κ1) is 5.16. The predicted octanol–water partition coefficient (Wildman–Crippen LogP) is 0.913. The van der Waals surface area contributed by atoms with E-state index in [-0.39, 0.29) is 0 Å². The van der Waals surface area contributed by atoms with Gasteiger partial charge in [0.1, 0.15) is 0 Å². The molecule has 1 fully saturated rings. The van der Waals surface area contributed by atoms with Gasteiger partial charge in [0.15, 0.2) is 13.1 Å². The Balaban J connectivity index is 2.25. The molecular weight excluding hydrogens is 106 g/mol. The van der Waals surface area contributed by atoms with Crippen molar-refractivity contribution in [2.24, 2.45) is 0 Å². The molecule has 0 aromatic carbocycles. The van der Waals surface area contributed by atoms with Crippen LogP contribution in [0.1, 0.15) is 19.3 Å². The van der Waals surface area contributed by atoms with Crippen LogP contribution >= 0.6 is 0 Å². The number of rotatable bonds is 0. The lowest BCUT2D eigenvalue weighted by Gasteiger charge is -2.03. The summed E-state index contributed by atoms with van der Waals surface area (Å²) in [6, 6.07) is 0. The summed E-state index contributed by atoms with van der Waals surface area (Å²) in [4.78, 5) is 0. The lowest BCUT2D eigenvalue weighted by molar-refractivity contribution is -0.508. The Kier molecular flexibility index (Phi) is 1.74. The Morgan fingerprint density at radius 1 is 1.00 bits per heavy atom. The highest BCUT2D eigenvalue weighted by Crippen LogP contribution is 2.01. The van der Waals surface area contributed by atoms with Crippen LogP contribution < -0.4 is 0 Å². The summed E-state index contributed by atoms with van der Waals surface area (Å²) in [5.74, 6) is 0. The van der Waals surface area contributed by atoms with E-state index in [2.05, 4.69) is 0 Å². The Labute approximate surface area is 49.5 Å². The molecule has 0 saturated carbocycles. The molecule has 1 heterocycles. The normalized spacial score (nSPS) is 22.6. The molecule has 0 amide bonds. The van der Waals surface area contributed by atoms with E-state index in [9.17, 15) is 0 Å². The van der Waals surface area contributed by atoms with E-state index in [1.165, 1.54) is 19.3 Å². The van der Waals surface area contributed by atoms with Gasteiger partial charge < -0.3 is 0 Å². The molecule has 0 spiro atoms. The van der Waals surface area contributed by atoms with Gasteiger partial charge in [0, 0.05) is 12.8 Å². The molecule has 1 nitrogen and oxygen atoms in total. The molecule has 0 bridgehead atoms. The van der Waals surface area contributed by atoms with Gasteiger partial charge in [-0.15, -0.1) is 0 Å². The van der Waals surface area contributed by atoms with Gasteiger partial charge in [0.25, 0.3) is 12.4 Å². The van der Waals surface area contributed by atoms with E-state index in [0.29, 0.717) is 0 Å². The highest BCUT2D eigenvalue weighted by atomic mass is 32.1. The average molecular weight is 116 g/mol. The molecule has 0 N–H and O–H groups in total. The standard InChI is InChI=1S/C5H10NS/c7-6-4-2-1-3-5-6/h1-5H2/q+1. The number of piperidine rings is 1. The van der Waals surface area contributed by atoms with E-state index < -0.39 is 0 Å². The minimum Gasteiger partial charge on any atom is -0.158 e. The van der Waals surface area contributed by atoms with Crippen LogP contribution in [-0.4, -0.2) is 17.0 Å². The van der Waals surface area contributed by atoms with E-state index in [4.69, 9.17) is 12.4 Å². The molecular formula is C5H10NS+. The van der Waals surface area contributed by atoms with Crippen LogP contribution in [0.2, 0.25) is 0 Å². The minimum absolute atomic E-state index is 1.13. The second kappa shape index (κ2) is 2.36. The third-order valence-electron chi connectivity index (χ3n) is 1.32. The van der Waals surface area contributed by atoms with Gasteiger partial charge in [-0.05, 0) is 6.42 Å². The van der Waals surface area contributed by atoms with Gasteiger partial charge in [0.05, 0.1) is 0 Å². The van der Waals surface area contributed by atoms with Crippen molar-refractivity contribution in [2.45, 2.75) is 19.3 Å². The molecule has 0 aromatic rings. The fourth-order valence-electron chi connectivity index (χ4n) is 0.865. The topological polar surface area (TPSA) is 3.01 Å². The summed E-state index contributed by atoms with van der Waals surface area (Å²) < 4.78 is 1.98.